The Morgan fingerprint density at radius 1 is 1.30 bits per heavy atom. The summed E-state index contributed by atoms with van der Waals surface area (Å²) in [4.78, 5) is 28.3. The van der Waals surface area contributed by atoms with Gasteiger partial charge in [0.25, 0.3) is 0 Å². The lowest BCUT2D eigenvalue weighted by Gasteiger charge is -2.41. The molecule has 0 saturated carbocycles. The number of amides is 3. The van der Waals surface area contributed by atoms with Crippen molar-refractivity contribution in [3.63, 3.8) is 0 Å². The molecule has 3 aliphatic rings. The summed E-state index contributed by atoms with van der Waals surface area (Å²) in [6.45, 7) is 2.27. The summed E-state index contributed by atoms with van der Waals surface area (Å²) in [5, 5.41) is 3.29. The van der Waals surface area contributed by atoms with Crippen molar-refractivity contribution >= 4 is 29.1 Å². The van der Waals surface area contributed by atoms with Crippen LogP contribution >= 0.6 is 11.6 Å². The van der Waals surface area contributed by atoms with Crippen LogP contribution in [0.1, 0.15) is 5.56 Å². The van der Waals surface area contributed by atoms with Crippen LogP contribution in [-0.2, 0) is 9.53 Å². The summed E-state index contributed by atoms with van der Waals surface area (Å²) in [7, 11) is 0. The average molecular weight is 395 g/mol. The highest BCUT2D eigenvalue weighted by atomic mass is 35.5. The molecule has 3 amide bonds. The number of piperazine rings is 1. The Morgan fingerprint density at radius 2 is 2.07 bits per heavy atom. The number of fused-ring (bicyclic) bond motifs is 1. The molecule has 0 aromatic heterocycles. The molecule has 3 N–H and O–H groups in total. The first-order chi connectivity index (χ1) is 13.0. The van der Waals surface area contributed by atoms with Crippen molar-refractivity contribution in [2.75, 3.05) is 32.8 Å². The number of hydrogen-bond acceptors (Lipinski definition) is 4. The van der Waals surface area contributed by atoms with E-state index in [1.165, 1.54) is 12.1 Å². The number of benzene rings is 1. The Morgan fingerprint density at radius 3 is 2.70 bits per heavy atom. The summed E-state index contributed by atoms with van der Waals surface area (Å²) in [6.07, 6.45) is 0. The van der Waals surface area contributed by atoms with Crippen molar-refractivity contribution in [3.8, 4) is 0 Å². The van der Waals surface area contributed by atoms with Crippen LogP contribution in [0.15, 0.2) is 29.4 Å². The van der Waals surface area contributed by atoms with E-state index in [1.807, 2.05) is 4.90 Å². The number of urea groups is 1. The second-order valence-electron chi connectivity index (χ2n) is 6.99. The summed E-state index contributed by atoms with van der Waals surface area (Å²) in [5.74, 6) is -1.68. The van der Waals surface area contributed by atoms with Gasteiger partial charge < -0.3 is 25.6 Å². The highest BCUT2D eigenvalue weighted by molar-refractivity contribution is 6.33. The quantitative estimate of drug-likeness (QED) is 0.747. The van der Waals surface area contributed by atoms with Crippen LogP contribution in [0.4, 0.5) is 9.18 Å². The molecule has 4 rings (SSSR count). The summed E-state index contributed by atoms with van der Waals surface area (Å²) in [5.41, 5.74) is 6.72. The van der Waals surface area contributed by atoms with Gasteiger partial charge in [-0.25, -0.2) is 9.18 Å². The summed E-state index contributed by atoms with van der Waals surface area (Å²) < 4.78 is 18.8. The Kier molecular flexibility index (Phi) is 4.69. The minimum absolute atomic E-state index is 0.0237. The summed E-state index contributed by atoms with van der Waals surface area (Å²) >= 11 is 6.56. The van der Waals surface area contributed by atoms with Crippen LogP contribution < -0.4 is 11.1 Å². The first-order valence-electron chi connectivity index (χ1n) is 8.80. The third kappa shape index (κ3) is 3.23. The maximum absolute atomic E-state index is 13.7. The molecule has 144 valence electrons. The maximum Gasteiger partial charge on any atom is 0.317 e. The number of ether oxygens (including phenoxy) is 1. The molecular formula is C18H20ClFN4O3. The lowest BCUT2D eigenvalue weighted by molar-refractivity contribution is -0.121. The van der Waals surface area contributed by atoms with Gasteiger partial charge in [0.2, 0.25) is 5.91 Å². The molecule has 2 saturated heterocycles. The zero-order chi connectivity index (χ0) is 19.1. The van der Waals surface area contributed by atoms with Gasteiger partial charge in [-0.05, 0) is 17.7 Å². The van der Waals surface area contributed by atoms with E-state index in [4.69, 9.17) is 22.1 Å². The minimum Gasteiger partial charge on any atom is -0.377 e. The largest absolute Gasteiger partial charge is 0.377 e. The normalized spacial score (nSPS) is 25.3. The molecule has 2 fully saturated rings. The molecule has 1 aromatic carbocycles. The Hall–Kier alpha value is -2.32. The van der Waals surface area contributed by atoms with Gasteiger partial charge >= 0.3 is 6.03 Å². The molecule has 2 unspecified atom stereocenters. The predicted octanol–water partition coefficient (Wildman–Crippen LogP) is 0.943. The molecule has 0 bridgehead atoms. The van der Waals surface area contributed by atoms with E-state index in [-0.39, 0.29) is 18.1 Å². The van der Waals surface area contributed by atoms with Gasteiger partial charge in [0.15, 0.2) is 0 Å². The van der Waals surface area contributed by atoms with E-state index in [1.54, 1.807) is 17.0 Å². The first-order valence-corrected chi connectivity index (χ1v) is 9.18. The van der Waals surface area contributed by atoms with E-state index in [0.29, 0.717) is 49.1 Å². The molecule has 0 aliphatic carbocycles. The molecule has 3 aliphatic heterocycles. The van der Waals surface area contributed by atoms with Gasteiger partial charge in [-0.2, -0.15) is 0 Å². The van der Waals surface area contributed by atoms with E-state index in [2.05, 4.69) is 5.32 Å². The van der Waals surface area contributed by atoms with Crippen LogP contribution in [-0.4, -0.2) is 66.7 Å². The SMILES string of the molecule is NC(=O)C1C(c2cccc(F)c2)=C(Cl)N2CCN(C(=O)NC3COC3)CC12. The molecule has 7 nitrogen and oxygen atoms in total. The number of primary amides is 1. The molecule has 3 heterocycles. The average Bonchev–Trinajstić information content (AvgIpc) is 2.90. The van der Waals surface area contributed by atoms with Crippen LogP contribution in [0.2, 0.25) is 0 Å². The molecular weight excluding hydrogens is 375 g/mol. The standard InChI is InChI=1S/C18H20ClFN4O3/c19-16-14(10-2-1-3-11(20)6-10)15(17(21)25)13-7-23(4-5-24(13)16)18(26)22-12-8-27-9-12/h1-3,6,12-13,15H,4-5,7-9H2,(H2,21,25)(H,22,26). The van der Waals surface area contributed by atoms with Gasteiger partial charge in [-0.1, -0.05) is 23.7 Å². The molecule has 27 heavy (non-hydrogen) atoms. The zero-order valence-electron chi connectivity index (χ0n) is 14.5. The number of rotatable bonds is 3. The fraction of sp³-hybridized carbons (Fsp3) is 0.444. The fourth-order valence-corrected chi connectivity index (χ4v) is 4.31. The number of carbonyl (C=O) groups excluding carboxylic acids is 2. The minimum atomic E-state index is -0.720. The second-order valence-corrected chi connectivity index (χ2v) is 7.34. The smallest absolute Gasteiger partial charge is 0.317 e. The van der Waals surface area contributed by atoms with Gasteiger partial charge in [-0.3, -0.25) is 4.79 Å². The number of nitrogens with zero attached hydrogens (tertiary/aromatic N) is 2. The van der Waals surface area contributed by atoms with Crippen molar-refractivity contribution in [1.82, 2.24) is 15.1 Å². The molecule has 2 atom stereocenters. The van der Waals surface area contributed by atoms with E-state index in [9.17, 15) is 14.0 Å². The first kappa shape index (κ1) is 18.1. The van der Waals surface area contributed by atoms with Gasteiger partial charge in [0.05, 0.1) is 31.2 Å². The second kappa shape index (κ2) is 7.01. The maximum atomic E-state index is 13.7. The number of nitrogens with one attached hydrogen (secondary N) is 1. The Labute approximate surface area is 160 Å². The monoisotopic (exact) mass is 394 g/mol. The van der Waals surface area contributed by atoms with Gasteiger partial charge in [0.1, 0.15) is 11.0 Å². The molecule has 0 spiro atoms. The molecule has 9 heteroatoms. The lowest BCUT2D eigenvalue weighted by atomic mass is 9.88. The molecule has 1 aromatic rings. The third-order valence-corrected chi connectivity index (χ3v) is 5.70. The van der Waals surface area contributed by atoms with Gasteiger partial charge in [-0.15, -0.1) is 0 Å². The van der Waals surface area contributed by atoms with Crippen LogP contribution in [0.3, 0.4) is 0 Å². The fourth-order valence-electron chi connectivity index (χ4n) is 3.87. The van der Waals surface area contributed by atoms with Gasteiger partial charge in [0, 0.05) is 25.2 Å². The van der Waals surface area contributed by atoms with Crippen molar-refractivity contribution in [2.24, 2.45) is 11.7 Å². The van der Waals surface area contributed by atoms with Crippen LogP contribution in [0.25, 0.3) is 5.57 Å². The number of hydrogen-bond donors (Lipinski definition) is 2. The lowest BCUT2D eigenvalue weighted by Crippen LogP contribution is -2.60. The number of halogens is 2. The highest BCUT2D eigenvalue weighted by Gasteiger charge is 2.47. The van der Waals surface area contributed by atoms with E-state index < -0.39 is 17.6 Å². The summed E-state index contributed by atoms with van der Waals surface area (Å²) in [6, 6.07) is 5.40. The van der Waals surface area contributed by atoms with Crippen molar-refractivity contribution in [2.45, 2.75) is 12.1 Å². The van der Waals surface area contributed by atoms with Crippen LogP contribution in [0.5, 0.6) is 0 Å². The van der Waals surface area contributed by atoms with Crippen LogP contribution in [0, 0.1) is 11.7 Å². The van der Waals surface area contributed by atoms with Crippen molar-refractivity contribution in [1.29, 1.82) is 0 Å². The highest BCUT2D eigenvalue weighted by Crippen LogP contribution is 2.43. The Bertz CT molecular complexity index is 814. The number of carbonyl (C=O) groups is 2. The number of nitrogens with two attached hydrogens (primary N) is 1. The van der Waals surface area contributed by atoms with Crippen molar-refractivity contribution < 1.29 is 18.7 Å². The predicted molar refractivity (Wildman–Crippen MR) is 97.1 cm³/mol. The zero-order valence-corrected chi connectivity index (χ0v) is 15.3. The molecule has 0 radical (unpaired) electrons. The Balaban J connectivity index is 1.58. The third-order valence-electron chi connectivity index (χ3n) is 5.28. The van der Waals surface area contributed by atoms with Crippen molar-refractivity contribution in [3.05, 3.63) is 40.8 Å². The van der Waals surface area contributed by atoms with E-state index >= 15 is 0 Å². The van der Waals surface area contributed by atoms with E-state index in [0.717, 1.165) is 0 Å². The topological polar surface area (TPSA) is 87.9 Å².